The Kier molecular flexibility index (Phi) is 4.87. The number of carbonyl (C=O) groups is 2. The molecule has 0 saturated carbocycles. The number of carboxylic acid groups (broad SMARTS) is 1. The zero-order valence-corrected chi connectivity index (χ0v) is 11.5. The molecule has 1 saturated heterocycles. The van der Waals surface area contributed by atoms with Gasteiger partial charge in [0.25, 0.3) is 0 Å². The Morgan fingerprint density at radius 3 is 2.95 bits per heavy atom. The van der Waals surface area contributed by atoms with Gasteiger partial charge in [-0.05, 0) is 17.7 Å². The van der Waals surface area contributed by atoms with E-state index in [1.807, 2.05) is 0 Å². The number of carboxylic acids is 1. The number of amides is 1. The van der Waals surface area contributed by atoms with E-state index in [2.05, 4.69) is 0 Å². The number of halogens is 1. The van der Waals surface area contributed by atoms with Crippen LogP contribution in [-0.4, -0.2) is 54.9 Å². The molecule has 21 heavy (non-hydrogen) atoms. The van der Waals surface area contributed by atoms with E-state index in [0.29, 0.717) is 5.56 Å². The molecule has 7 heteroatoms. The van der Waals surface area contributed by atoms with Crippen LogP contribution >= 0.6 is 0 Å². The smallest absolute Gasteiger partial charge is 0.335 e. The van der Waals surface area contributed by atoms with E-state index in [1.165, 1.54) is 30.2 Å². The lowest BCUT2D eigenvalue weighted by Crippen LogP contribution is -2.52. The van der Waals surface area contributed by atoms with Gasteiger partial charge in [0.05, 0.1) is 12.6 Å². The molecule has 6 nitrogen and oxygen atoms in total. The van der Waals surface area contributed by atoms with E-state index in [4.69, 9.17) is 9.47 Å². The molecule has 1 aliphatic rings. The zero-order chi connectivity index (χ0) is 15.4. The lowest BCUT2D eigenvalue weighted by molar-refractivity contribution is -0.173. The first-order valence-electron chi connectivity index (χ1n) is 6.43. The molecule has 1 aliphatic heterocycles. The van der Waals surface area contributed by atoms with Gasteiger partial charge < -0.3 is 19.5 Å². The van der Waals surface area contributed by atoms with Crippen molar-refractivity contribution in [3.8, 4) is 0 Å². The lowest BCUT2D eigenvalue weighted by atomic mass is 9.97. The van der Waals surface area contributed by atoms with Gasteiger partial charge in [-0.3, -0.25) is 4.79 Å². The summed E-state index contributed by atoms with van der Waals surface area (Å²) >= 11 is 0. The highest BCUT2D eigenvalue weighted by atomic mass is 19.1. The summed E-state index contributed by atoms with van der Waals surface area (Å²) < 4.78 is 23.5. The molecule has 1 fully saturated rings. The van der Waals surface area contributed by atoms with E-state index in [9.17, 15) is 19.1 Å². The molecule has 1 amide bonds. The summed E-state index contributed by atoms with van der Waals surface area (Å²) in [5.74, 6) is -2.04. The minimum atomic E-state index is -1.23. The van der Waals surface area contributed by atoms with Gasteiger partial charge in [-0.2, -0.15) is 0 Å². The van der Waals surface area contributed by atoms with Crippen molar-refractivity contribution in [1.29, 1.82) is 0 Å². The standard InChI is InChI=1S/C14H16FNO5/c1-20-6-5-16-11(17)8-21-13(14(18)19)12(16)9-3-2-4-10(15)7-9/h2-4,7,12-13H,5-6,8H2,1H3,(H,18,19). The average Bonchev–Trinajstić information content (AvgIpc) is 2.45. The molecule has 0 spiro atoms. The van der Waals surface area contributed by atoms with Crippen LogP contribution in [0.25, 0.3) is 0 Å². The number of hydrogen-bond acceptors (Lipinski definition) is 4. The second-order valence-electron chi connectivity index (χ2n) is 4.65. The first-order valence-corrected chi connectivity index (χ1v) is 6.43. The van der Waals surface area contributed by atoms with Crippen LogP contribution < -0.4 is 0 Å². The molecular weight excluding hydrogens is 281 g/mol. The number of ether oxygens (including phenoxy) is 2. The number of hydrogen-bond donors (Lipinski definition) is 1. The van der Waals surface area contributed by atoms with Crippen molar-refractivity contribution in [2.24, 2.45) is 0 Å². The molecule has 1 aromatic carbocycles. The molecule has 2 atom stereocenters. The fraction of sp³-hybridized carbons (Fsp3) is 0.429. The van der Waals surface area contributed by atoms with Crippen LogP contribution in [0.5, 0.6) is 0 Å². The Hall–Kier alpha value is -1.99. The highest BCUT2D eigenvalue weighted by Crippen LogP contribution is 2.30. The molecule has 2 unspecified atom stereocenters. The van der Waals surface area contributed by atoms with Crippen molar-refractivity contribution in [2.75, 3.05) is 26.9 Å². The Morgan fingerprint density at radius 1 is 1.57 bits per heavy atom. The molecule has 1 N–H and O–H groups in total. The van der Waals surface area contributed by atoms with E-state index in [1.54, 1.807) is 6.07 Å². The predicted octanol–water partition coefficient (Wildman–Crippen LogP) is 0.825. The third kappa shape index (κ3) is 3.37. The van der Waals surface area contributed by atoms with Crippen LogP contribution in [-0.2, 0) is 19.1 Å². The van der Waals surface area contributed by atoms with E-state index in [-0.39, 0.29) is 25.7 Å². The summed E-state index contributed by atoms with van der Waals surface area (Å²) in [6.45, 7) is 0.153. The molecule has 0 aliphatic carbocycles. The van der Waals surface area contributed by atoms with Gasteiger partial charge >= 0.3 is 5.97 Å². The molecule has 1 aromatic rings. The summed E-state index contributed by atoms with van der Waals surface area (Å²) in [7, 11) is 1.48. The molecule has 0 bridgehead atoms. The van der Waals surface area contributed by atoms with Crippen molar-refractivity contribution in [3.63, 3.8) is 0 Å². The molecule has 0 radical (unpaired) electrons. The van der Waals surface area contributed by atoms with Crippen molar-refractivity contribution in [1.82, 2.24) is 4.90 Å². The number of benzene rings is 1. The molecule has 2 rings (SSSR count). The SMILES string of the molecule is COCCN1C(=O)COC(C(=O)O)C1c1cccc(F)c1. The van der Waals surface area contributed by atoms with Gasteiger partial charge in [0, 0.05) is 13.7 Å². The maximum absolute atomic E-state index is 13.4. The first-order chi connectivity index (χ1) is 10.0. The minimum Gasteiger partial charge on any atom is -0.479 e. The van der Waals surface area contributed by atoms with Gasteiger partial charge in [-0.1, -0.05) is 12.1 Å². The number of methoxy groups -OCH3 is 1. The van der Waals surface area contributed by atoms with E-state index >= 15 is 0 Å². The average molecular weight is 297 g/mol. The summed E-state index contributed by atoms with van der Waals surface area (Å²) in [5, 5.41) is 9.28. The number of nitrogens with zero attached hydrogens (tertiary/aromatic N) is 1. The highest BCUT2D eigenvalue weighted by molar-refractivity contribution is 5.83. The van der Waals surface area contributed by atoms with Crippen molar-refractivity contribution >= 4 is 11.9 Å². The van der Waals surface area contributed by atoms with Crippen LogP contribution in [0, 0.1) is 5.82 Å². The predicted molar refractivity (Wildman–Crippen MR) is 70.1 cm³/mol. The fourth-order valence-corrected chi connectivity index (χ4v) is 2.36. The second-order valence-corrected chi connectivity index (χ2v) is 4.65. The molecular formula is C14H16FNO5. The highest BCUT2D eigenvalue weighted by Gasteiger charge is 2.41. The first kappa shape index (κ1) is 15.4. The van der Waals surface area contributed by atoms with Crippen molar-refractivity contribution in [2.45, 2.75) is 12.1 Å². The summed E-state index contributed by atoms with van der Waals surface area (Å²) in [6, 6.07) is 4.63. The quantitative estimate of drug-likeness (QED) is 0.871. The maximum Gasteiger partial charge on any atom is 0.335 e. The maximum atomic E-state index is 13.4. The fourth-order valence-electron chi connectivity index (χ4n) is 2.36. The van der Waals surface area contributed by atoms with Crippen molar-refractivity contribution in [3.05, 3.63) is 35.6 Å². The van der Waals surface area contributed by atoms with Crippen LogP contribution in [0.4, 0.5) is 4.39 Å². The summed E-state index contributed by atoms with van der Waals surface area (Å²) in [5.41, 5.74) is 0.381. The summed E-state index contributed by atoms with van der Waals surface area (Å²) in [4.78, 5) is 24.7. The Balaban J connectivity index is 2.38. The van der Waals surface area contributed by atoms with E-state index < -0.39 is 23.9 Å². The van der Waals surface area contributed by atoms with Crippen LogP contribution in [0.15, 0.2) is 24.3 Å². The monoisotopic (exact) mass is 297 g/mol. The summed E-state index contributed by atoms with van der Waals surface area (Å²) in [6.07, 6.45) is -1.23. The Labute approximate surface area is 121 Å². The van der Waals surface area contributed by atoms with Crippen LogP contribution in [0.1, 0.15) is 11.6 Å². The van der Waals surface area contributed by atoms with Gasteiger partial charge in [-0.25, -0.2) is 9.18 Å². The van der Waals surface area contributed by atoms with Crippen molar-refractivity contribution < 1.29 is 28.6 Å². The van der Waals surface area contributed by atoms with Gasteiger partial charge in [0.2, 0.25) is 5.91 Å². The minimum absolute atomic E-state index is 0.212. The van der Waals surface area contributed by atoms with Gasteiger partial charge in [0.1, 0.15) is 12.4 Å². The normalized spacial score (nSPS) is 22.4. The van der Waals surface area contributed by atoms with Gasteiger partial charge in [-0.15, -0.1) is 0 Å². The van der Waals surface area contributed by atoms with Gasteiger partial charge in [0.15, 0.2) is 6.10 Å². The number of carbonyl (C=O) groups excluding carboxylic acids is 1. The second kappa shape index (κ2) is 6.64. The number of aliphatic carboxylic acids is 1. The number of morpholine rings is 1. The molecule has 0 aromatic heterocycles. The third-order valence-corrected chi connectivity index (χ3v) is 3.30. The number of rotatable bonds is 5. The lowest BCUT2D eigenvalue weighted by Gasteiger charge is -2.39. The van der Waals surface area contributed by atoms with Crippen LogP contribution in [0.2, 0.25) is 0 Å². The Morgan fingerprint density at radius 2 is 2.33 bits per heavy atom. The van der Waals surface area contributed by atoms with Crippen LogP contribution in [0.3, 0.4) is 0 Å². The molecule has 1 heterocycles. The molecule has 114 valence electrons. The topological polar surface area (TPSA) is 76.1 Å². The third-order valence-electron chi connectivity index (χ3n) is 3.30. The largest absolute Gasteiger partial charge is 0.479 e. The Bertz CT molecular complexity index is 536. The van der Waals surface area contributed by atoms with E-state index in [0.717, 1.165) is 0 Å². The zero-order valence-electron chi connectivity index (χ0n) is 11.5.